The van der Waals surface area contributed by atoms with Crippen LogP contribution in [0.4, 0.5) is 0 Å². The van der Waals surface area contributed by atoms with Gasteiger partial charge in [-0.3, -0.25) is 4.79 Å². The van der Waals surface area contributed by atoms with Crippen LogP contribution in [0.15, 0.2) is 16.7 Å². The van der Waals surface area contributed by atoms with Crippen molar-refractivity contribution in [3.8, 4) is 0 Å². The second kappa shape index (κ2) is 7.62. The minimum absolute atomic E-state index is 0.00706. The van der Waals surface area contributed by atoms with Crippen molar-refractivity contribution in [2.45, 2.75) is 103 Å². The van der Waals surface area contributed by atoms with Gasteiger partial charge in [0, 0.05) is 23.9 Å². The molecule has 3 saturated carbocycles. The third-order valence-corrected chi connectivity index (χ3v) is 9.63. The Morgan fingerprint density at radius 2 is 1.81 bits per heavy atom. The lowest BCUT2D eigenvalue weighted by Crippen LogP contribution is -2.66. The van der Waals surface area contributed by atoms with Crippen LogP contribution in [-0.4, -0.2) is 34.4 Å². The Bertz CT molecular complexity index is 825. The molecule has 5 heteroatoms. The third-order valence-electron chi connectivity index (χ3n) is 9.63. The van der Waals surface area contributed by atoms with Crippen LogP contribution in [0.2, 0.25) is 0 Å². The van der Waals surface area contributed by atoms with Crippen LogP contribution in [0.1, 0.15) is 89.4 Å². The fourth-order valence-corrected chi connectivity index (χ4v) is 8.35. The summed E-state index contributed by atoms with van der Waals surface area (Å²) in [6, 6.07) is 2.13. The van der Waals surface area contributed by atoms with E-state index in [1.54, 1.807) is 6.26 Å². The molecule has 1 aromatic rings. The highest BCUT2D eigenvalue weighted by Crippen LogP contribution is 2.64. The molecule has 0 aliphatic heterocycles. The Hall–Kier alpha value is -1.33. The molecule has 4 aliphatic rings. The van der Waals surface area contributed by atoms with Crippen LogP contribution >= 0.6 is 0 Å². The van der Waals surface area contributed by atoms with Gasteiger partial charge in [0.2, 0.25) is 5.91 Å². The Labute approximate surface area is 186 Å². The van der Waals surface area contributed by atoms with Crippen molar-refractivity contribution in [3.05, 3.63) is 23.7 Å². The smallest absolute Gasteiger partial charge is 0.228 e. The minimum Gasteiger partial charge on any atom is -0.469 e. The second-order valence-electron chi connectivity index (χ2n) is 11.8. The molecular weight excluding hydrogens is 390 g/mol. The summed E-state index contributed by atoms with van der Waals surface area (Å²) in [5.74, 6) is 0.310. The summed E-state index contributed by atoms with van der Waals surface area (Å²) in [5.41, 5.74) is 0.749. The van der Waals surface area contributed by atoms with E-state index in [2.05, 4.69) is 26.1 Å². The summed E-state index contributed by atoms with van der Waals surface area (Å²) >= 11 is 0. The highest BCUT2D eigenvalue weighted by atomic mass is 16.3. The SMILES string of the molecule is CC1(C)CCC[C@]2(C)[C@H]3Cc4occc4[C@@H](C(=O)NC4CCCCC4)[C@@H]3[C@@H](O)[C@H](O)[C@@H]12. The van der Waals surface area contributed by atoms with Crippen molar-refractivity contribution in [2.24, 2.45) is 28.6 Å². The van der Waals surface area contributed by atoms with Crippen molar-refractivity contribution < 1.29 is 19.4 Å². The van der Waals surface area contributed by atoms with Gasteiger partial charge >= 0.3 is 0 Å². The molecule has 5 rings (SSSR count). The summed E-state index contributed by atoms with van der Waals surface area (Å²) in [4.78, 5) is 13.7. The molecule has 3 fully saturated rings. The molecule has 7 atom stereocenters. The highest BCUT2D eigenvalue weighted by molar-refractivity contribution is 5.85. The summed E-state index contributed by atoms with van der Waals surface area (Å²) in [7, 11) is 0. The fraction of sp³-hybridized carbons (Fsp3) is 0.808. The lowest BCUT2D eigenvalue weighted by Gasteiger charge is -2.64. The van der Waals surface area contributed by atoms with Gasteiger partial charge in [0.05, 0.1) is 24.4 Å². The Morgan fingerprint density at radius 3 is 2.55 bits per heavy atom. The molecule has 1 heterocycles. The second-order valence-corrected chi connectivity index (χ2v) is 11.8. The molecule has 0 spiro atoms. The summed E-state index contributed by atoms with van der Waals surface area (Å²) in [6.45, 7) is 6.77. The summed E-state index contributed by atoms with van der Waals surface area (Å²) < 4.78 is 5.89. The van der Waals surface area contributed by atoms with E-state index in [0.29, 0.717) is 0 Å². The van der Waals surface area contributed by atoms with Crippen molar-refractivity contribution in [3.63, 3.8) is 0 Å². The average molecular weight is 430 g/mol. The molecule has 172 valence electrons. The summed E-state index contributed by atoms with van der Waals surface area (Å²) in [5, 5.41) is 26.2. The normalized spacial score (nSPS) is 42.2. The van der Waals surface area contributed by atoms with Gasteiger partial charge in [0.1, 0.15) is 5.76 Å². The number of carbonyl (C=O) groups excluding carboxylic acids is 1. The quantitative estimate of drug-likeness (QED) is 0.659. The minimum atomic E-state index is -0.898. The maximum atomic E-state index is 13.7. The number of rotatable bonds is 2. The van der Waals surface area contributed by atoms with E-state index < -0.39 is 18.1 Å². The molecule has 0 aromatic carbocycles. The molecule has 5 nitrogen and oxygen atoms in total. The van der Waals surface area contributed by atoms with E-state index >= 15 is 0 Å². The van der Waals surface area contributed by atoms with Gasteiger partial charge in [-0.2, -0.15) is 0 Å². The van der Waals surface area contributed by atoms with Crippen LogP contribution in [0.25, 0.3) is 0 Å². The number of hydrogen-bond donors (Lipinski definition) is 3. The zero-order chi connectivity index (χ0) is 22.0. The van der Waals surface area contributed by atoms with Crippen LogP contribution in [0, 0.1) is 28.6 Å². The number of furan rings is 1. The van der Waals surface area contributed by atoms with Crippen LogP contribution in [-0.2, 0) is 11.2 Å². The lowest BCUT2D eigenvalue weighted by atomic mass is 9.42. The van der Waals surface area contributed by atoms with Gasteiger partial charge in [-0.25, -0.2) is 0 Å². The van der Waals surface area contributed by atoms with Crippen LogP contribution in [0.5, 0.6) is 0 Å². The van der Waals surface area contributed by atoms with E-state index in [1.807, 2.05) is 6.07 Å². The molecule has 1 aromatic heterocycles. The standard InChI is InChI=1S/C26H39NO4/c1-25(2)11-7-12-26(3)17-14-18-16(10-13-31-18)19(20(17)21(28)22(29)23(25)26)24(30)27-15-8-5-4-6-9-15/h10,13,15,17,19-23,28-29H,4-9,11-12,14H2,1-3H3,(H,27,30)/t17-,19+,20+,21+,22-,23-,26+/m0/s1. The number of hydrogen-bond acceptors (Lipinski definition) is 4. The predicted octanol–water partition coefficient (Wildman–Crippen LogP) is 4.17. The average Bonchev–Trinajstić information content (AvgIpc) is 3.19. The monoisotopic (exact) mass is 429 g/mol. The number of carbonyl (C=O) groups is 1. The molecule has 0 radical (unpaired) electrons. The Balaban J connectivity index is 1.54. The molecular formula is C26H39NO4. The van der Waals surface area contributed by atoms with Gasteiger partial charge in [-0.15, -0.1) is 0 Å². The number of aliphatic hydroxyl groups excluding tert-OH is 2. The van der Waals surface area contributed by atoms with E-state index in [1.165, 1.54) is 6.42 Å². The van der Waals surface area contributed by atoms with Gasteiger partial charge in [-0.1, -0.05) is 46.5 Å². The molecule has 3 N–H and O–H groups in total. The van der Waals surface area contributed by atoms with E-state index in [-0.39, 0.29) is 40.5 Å². The maximum Gasteiger partial charge on any atom is 0.228 e. The van der Waals surface area contributed by atoms with Crippen LogP contribution < -0.4 is 5.32 Å². The van der Waals surface area contributed by atoms with Gasteiger partial charge in [0.25, 0.3) is 0 Å². The molecule has 0 bridgehead atoms. The number of fused-ring (bicyclic) bond motifs is 4. The van der Waals surface area contributed by atoms with Gasteiger partial charge in [0.15, 0.2) is 0 Å². The third kappa shape index (κ3) is 3.30. The van der Waals surface area contributed by atoms with Gasteiger partial charge in [-0.05, 0) is 54.4 Å². The lowest BCUT2D eigenvalue weighted by molar-refractivity contribution is -0.217. The summed E-state index contributed by atoms with van der Waals surface area (Å²) in [6.07, 6.45) is 9.57. The highest BCUT2D eigenvalue weighted by Gasteiger charge is 2.64. The largest absolute Gasteiger partial charge is 0.469 e. The Morgan fingerprint density at radius 1 is 1.06 bits per heavy atom. The molecule has 31 heavy (non-hydrogen) atoms. The van der Waals surface area contributed by atoms with E-state index in [4.69, 9.17) is 4.42 Å². The van der Waals surface area contributed by atoms with Gasteiger partial charge < -0.3 is 19.9 Å². The van der Waals surface area contributed by atoms with Crippen molar-refractivity contribution in [1.29, 1.82) is 0 Å². The van der Waals surface area contributed by atoms with Crippen LogP contribution in [0.3, 0.4) is 0 Å². The first-order valence-electron chi connectivity index (χ1n) is 12.5. The Kier molecular flexibility index (Phi) is 5.29. The molecule has 4 aliphatic carbocycles. The van der Waals surface area contributed by atoms with Crippen molar-refractivity contribution >= 4 is 5.91 Å². The maximum absolute atomic E-state index is 13.7. The van der Waals surface area contributed by atoms with Crippen molar-refractivity contribution in [2.75, 3.05) is 0 Å². The first kappa shape index (κ1) is 21.5. The number of amides is 1. The zero-order valence-corrected chi connectivity index (χ0v) is 19.3. The molecule has 0 unspecified atom stereocenters. The fourth-order valence-electron chi connectivity index (χ4n) is 8.35. The first-order valence-corrected chi connectivity index (χ1v) is 12.5. The number of nitrogens with one attached hydrogen (secondary N) is 1. The van der Waals surface area contributed by atoms with Crippen molar-refractivity contribution in [1.82, 2.24) is 5.32 Å². The predicted molar refractivity (Wildman–Crippen MR) is 118 cm³/mol. The first-order chi connectivity index (χ1) is 14.7. The molecule has 0 saturated heterocycles. The number of aliphatic hydroxyl groups is 2. The van der Waals surface area contributed by atoms with E-state index in [9.17, 15) is 15.0 Å². The van der Waals surface area contributed by atoms with E-state index in [0.717, 1.165) is 62.7 Å². The topological polar surface area (TPSA) is 82.7 Å². The molecule has 1 amide bonds. The zero-order valence-electron chi connectivity index (χ0n) is 19.3.